The van der Waals surface area contributed by atoms with Gasteiger partial charge >= 0.3 is 5.97 Å². The summed E-state index contributed by atoms with van der Waals surface area (Å²) in [5, 5.41) is 0. The summed E-state index contributed by atoms with van der Waals surface area (Å²) in [6.45, 7) is 5.78. The van der Waals surface area contributed by atoms with E-state index in [0.29, 0.717) is 5.92 Å². The maximum Gasteiger partial charge on any atom is 0.317 e. The number of hydrogen-bond acceptors (Lipinski definition) is 4. The average Bonchev–Trinajstić information content (AvgIpc) is 1.80. The summed E-state index contributed by atoms with van der Waals surface area (Å²) in [5.41, 5.74) is 0. The molecule has 5 heteroatoms. The van der Waals surface area contributed by atoms with Crippen LogP contribution in [0.1, 0.15) is 27.2 Å². The predicted octanol–water partition coefficient (Wildman–Crippen LogP) is 0.843. The van der Waals surface area contributed by atoms with Crippen LogP contribution in [0.4, 0.5) is 0 Å². The second-order valence-electron chi connectivity index (χ2n) is 3.38. The fraction of sp³-hybridized carbons (Fsp3) is 0.875. The molecular weight excluding hydrogens is 192 g/mol. The molecule has 0 rings (SSSR count). The molecule has 0 N–H and O–H groups in total. The van der Waals surface area contributed by atoms with Gasteiger partial charge in [0.1, 0.15) is 5.75 Å². The molecule has 0 amide bonds. The van der Waals surface area contributed by atoms with Gasteiger partial charge in [-0.15, -0.1) is 0 Å². The molecule has 0 aliphatic rings. The highest BCUT2D eigenvalue weighted by atomic mass is 32.2. The first-order valence-electron chi connectivity index (χ1n) is 4.17. The van der Waals surface area contributed by atoms with E-state index in [2.05, 4.69) is 0 Å². The molecule has 2 unspecified atom stereocenters. The van der Waals surface area contributed by atoms with Crippen LogP contribution in [0.15, 0.2) is 0 Å². The third kappa shape index (κ3) is 7.93. The van der Waals surface area contributed by atoms with Gasteiger partial charge in [-0.05, 0) is 30.3 Å². The third-order valence-electron chi connectivity index (χ3n) is 1.37. The summed E-state index contributed by atoms with van der Waals surface area (Å²) in [6.07, 6.45) is 0.535. The monoisotopic (exact) mass is 207 g/mol. The molecule has 0 aromatic rings. The van der Waals surface area contributed by atoms with Gasteiger partial charge in [0.2, 0.25) is 0 Å². The van der Waals surface area contributed by atoms with Crippen LogP contribution < -0.4 is 0 Å². The van der Waals surface area contributed by atoms with Crippen LogP contribution in [0.25, 0.3) is 0 Å². The maximum absolute atomic E-state index is 10.8. The second-order valence-corrected chi connectivity index (χ2v) is 4.27. The maximum atomic E-state index is 10.8. The van der Waals surface area contributed by atoms with E-state index in [-0.39, 0.29) is 6.10 Å². The van der Waals surface area contributed by atoms with Crippen molar-refractivity contribution in [3.63, 3.8) is 0 Å². The van der Waals surface area contributed by atoms with E-state index in [1.165, 1.54) is 0 Å². The zero-order valence-corrected chi connectivity index (χ0v) is 8.93. The smallest absolute Gasteiger partial charge is 0.317 e. The van der Waals surface area contributed by atoms with Crippen LogP contribution in [0.5, 0.6) is 0 Å². The zero-order chi connectivity index (χ0) is 10.4. The Morgan fingerprint density at radius 2 is 2.00 bits per heavy atom. The number of rotatable bonds is 5. The van der Waals surface area contributed by atoms with Crippen LogP contribution in [-0.2, 0) is 20.6 Å². The molecule has 0 aliphatic carbocycles. The Bertz CT molecular complexity index is 191. The first-order chi connectivity index (χ1) is 5.91. The Kier molecular flexibility index (Phi) is 5.90. The van der Waals surface area contributed by atoms with Crippen LogP contribution >= 0.6 is 0 Å². The summed E-state index contributed by atoms with van der Waals surface area (Å²) in [5.74, 6) is -0.801. The summed E-state index contributed by atoms with van der Waals surface area (Å²) in [4.78, 5) is 10.8. The van der Waals surface area contributed by atoms with E-state index >= 15 is 0 Å². The average molecular weight is 207 g/mol. The van der Waals surface area contributed by atoms with Gasteiger partial charge in [-0.3, -0.25) is 9.00 Å². The lowest BCUT2D eigenvalue weighted by molar-refractivity contribution is -0.145. The van der Waals surface area contributed by atoms with E-state index < -0.39 is 22.8 Å². The minimum absolute atomic E-state index is 0.212. The summed E-state index contributed by atoms with van der Waals surface area (Å²) >= 11 is -2.35. The third-order valence-corrected chi connectivity index (χ3v) is 1.84. The molecule has 13 heavy (non-hydrogen) atoms. The fourth-order valence-electron chi connectivity index (χ4n) is 1.07. The highest BCUT2D eigenvalue weighted by molar-refractivity contribution is 7.79. The molecule has 0 fully saturated rings. The highest BCUT2D eigenvalue weighted by Crippen LogP contribution is 2.07. The molecule has 78 valence electrons. The van der Waals surface area contributed by atoms with Crippen molar-refractivity contribution < 1.29 is 18.3 Å². The molecule has 0 aromatic heterocycles. The minimum atomic E-state index is -2.35. The van der Waals surface area contributed by atoms with Crippen molar-refractivity contribution in [1.29, 1.82) is 0 Å². The standard InChI is InChI=1S/C8H16O4S/c1-6(2)4-7(3)12-8(9)5-13(10)11/h6-7H,4-5H2,1-3H3,(H,10,11)/p-1. The molecule has 0 bridgehead atoms. The zero-order valence-electron chi connectivity index (χ0n) is 8.11. The van der Waals surface area contributed by atoms with Gasteiger partial charge in [-0.1, -0.05) is 13.8 Å². The number of carbonyl (C=O) groups is 1. The van der Waals surface area contributed by atoms with E-state index in [4.69, 9.17) is 4.74 Å². The predicted molar refractivity (Wildman–Crippen MR) is 48.8 cm³/mol. The van der Waals surface area contributed by atoms with Gasteiger partial charge in [-0.2, -0.15) is 0 Å². The summed E-state index contributed by atoms with van der Waals surface area (Å²) in [6, 6.07) is 0. The van der Waals surface area contributed by atoms with Crippen LogP contribution in [0.3, 0.4) is 0 Å². The lowest BCUT2D eigenvalue weighted by atomic mass is 10.1. The first-order valence-corrected chi connectivity index (χ1v) is 5.41. The number of esters is 1. The van der Waals surface area contributed by atoms with Crippen LogP contribution in [-0.4, -0.2) is 26.6 Å². The summed E-state index contributed by atoms with van der Waals surface area (Å²) < 4.78 is 25.1. The van der Waals surface area contributed by atoms with Gasteiger partial charge in [0.05, 0.1) is 6.10 Å². The molecule has 0 aromatic carbocycles. The Morgan fingerprint density at radius 3 is 2.38 bits per heavy atom. The van der Waals surface area contributed by atoms with E-state index in [9.17, 15) is 13.6 Å². The first kappa shape index (κ1) is 12.6. The van der Waals surface area contributed by atoms with Crippen molar-refractivity contribution in [1.82, 2.24) is 0 Å². The van der Waals surface area contributed by atoms with E-state index in [0.717, 1.165) is 6.42 Å². The van der Waals surface area contributed by atoms with Crippen molar-refractivity contribution in [2.24, 2.45) is 5.92 Å². The van der Waals surface area contributed by atoms with Gasteiger partial charge in [0.15, 0.2) is 0 Å². The van der Waals surface area contributed by atoms with Crippen molar-refractivity contribution in [3.8, 4) is 0 Å². The Hall–Kier alpha value is -0.420. The normalized spacial score (nSPS) is 15.5. The van der Waals surface area contributed by atoms with E-state index in [1.54, 1.807) is 6.92 Å². The number of carbonyl (C=O) groups excluding carboxylic acids is 1. The highest BCUT2D eigenvalue weighted by Gasteiger charge is 2.10. The molecular formula is C8H15O4S-. The number of hydrogen-bond donors (Lipinski definition) is 0. The van der Waals surface area contributed by atoms with Crippen molar-refractivity contribution in [2.75, 3.05) is 5.75 Å². The topological polar surface area (TPSA) is 66.4 Å². The van der Waals surface area contributed by atoms with Crippen LogP contribution in [0, 0.1) is 5.92 Å². The lowest BCUT2D eigenvalue weighted by Gasteiger charge is -2.15. The lowest BCUT2D eigenvalue weighted by Crippen LogP contribution is -2.21. The number of ether oxygens (including phenoxy) is 1. The van der Waals surface area contributed by atoms with E-state index in [1.807, 2.05) is 13.8 Å². The van der Waals surface area contributed by atoms with Crippen molar-refractivity contribution in [2.45, 2.75) is 33.3 Å². The van der Waals surface area contributed by atoms with Crippen molar-refractivity contribution in [3.05, 3.63) is 0 Å². The summed E-state index contributed by atoms with van der Waals surface area (Å²) in [7, 11) is 0. The van der Waals surface area contributed by atoms with Gasteiger partial charge in [0.25, 0.3) is 0 Å². The molecule has 4 nitrogen and oxygen atoms in total. The van der Waals surface area contributed by atoms with Crippen LogP contribution in [0.2, 0.25) is 0 Å². The molecule has 0 saturated carbocycles. The quantitative estimate of drug-likeness (QED) is 0.495. The fourth-order valence-corrected chi connectivity index (χ4v) is 1.33. The molecule has 0 aliphatic heterocycles. The molecule has 0 radical (unpaired) electrons. The largest absolute Gasteiger partial charge is 0.772 e. The molecule has 0 saturated heterocycles. The van der Waals surface area contributed by atoms with Gasteiger partial charge in [-0.25, -0.2) is 0 Å². The Labute approximate surface area is 80.9 Å². The van der Waals surface area contributed by atoms with Gasteiger partial charge < -0.3 is 9.29 Å². The second kappa shape index (κ2) is 6.10. The van der Waals surface area contributed by atoms with Crippen molar-refractivity contribution >= 4 is 17.0 Å². The molecule has 2 atom stereocenters. The van der Waals surface area contributed by atoms with Gasteiger partial charge in [0, 0.05) is 0 Å². The Morgan fingerprint density at radius 1 is 1.46 bits per heavy atom. The minimum Gasteiger partial charge on any atom is -0.772 e. The molecule has 0 spiro atoms. The molecule has 0 heterocycles. The SMILES string of the molecule is CC(C)CC(C)OC(=O)CS(=O)[O-]. The Balaban J connectivity index is 3.71.